The molecule has 1 amide bonds. The van der Waals surface area contributed by atoms with E-state index in [1.54, 1.807) is 6.07 Å². The van der Waals surface area contributed by atoms with Gasteiger partial charge in [-0.25, -0.2) is 4.98 Å². The van der Waals surface area contributed by atoms with Crippen molar-refractivity contribution in [2.45, 2.75) is 57.8 Å². The number of nitrogens with one attached hydrogen (secondary N) is 1. The minimum absolute atomic E-state index is 0.217. The van der Waals surface area contributed by atoms with Crippen LogP contribution in [0.5, 0.6) is 5.75 Å². The highest BCUT2D eigenvalue weighted by molar-refractivity contribution is 6.64. The lowest BCUT2D eigenvalue weighted by Gasteiger charge is -2.32. The van der Waals surface area contributed by atoms with E-state index in [1.807, 2.05) is 32.6 Å². The molecule has 2 aromatic rings. The smallest absolute Gasteiger partial charge is 0.406 e. The Labute approximate surface area is 201 Å². The number of alkyl halides is 3. The minimum atomic E-state index is -4.80. The van der Waals surface area contributed by atoms with Crippen LogP contribution in [-0.2, 0) is 9.31 Å². The SMILES string of the molecule is CC1(C)OB(c2cc(C(=O)Nc3ccc(OC(F)(F)F)cc3)cnc2N2CCC(O)C2)OC1(C)C. The predicted octanol–water partition coefficient (Wildman–Crippen LogP) is 3.10. The van der Waals surface area contributed by atoms with Crippen molar-refractivity contribution in [2.75, 3.05) is 23.3 Å². The first-order valence-electron chi connectivity index (χ1n) is 11.2. The molecule has 2 aliphatic heterocycles. The Morgan fingerprint density at radius 2 is 1.83 bits per heavy atom. The van der Waals surface area contributed by atoms with Gasteiger partial charge in [0, 0.05) is 30.4 Å². The van der Waals surface area contributed by atoms with Gasteiger partial charge in [-0.15, -0.1) is 13.2 Å². The molecule has 2 fully saturated rings. The Morgan fingerprint density at radius 3 is 2.37 bits per heavy atom. The van der Waals surface area contributed by atoms with E-state index in [-0.39, 0.29) is 11.3 Å². The molecule has 1 unspecified atom stereocenters. The molecule has 8 nitrogen and oxygen atoms in total. The number of aromatic nitrogens is 1. The maximum absolute atomic E-state index is 12.9. The first-order valence-corrected chi connectivity index (χ1v) is 11.2. The highest BCUT2D eigenvalue weighted by atomic mass is 19.4. The van der Waals surface area contributed by atoms with Crippen molar-refractivity contribution in [3.8, 4) is 5.75 Å². The molecule has 0 bridgehead atoms. The lowest BCUT2D eigenvalue weighted by molar-refractivity contribution is -0.274. The lowest BCUT2D eigenvalue weighted by Crippen LogP contribution is -2.41. The van der Waals surface area contributed by atoms with Gasteiger partial charge in [-0.05, 0) is 64.4 Å². The number of hydrogen-bond acceptors (Lipinski definition) is 7. The molecule has 0 radical (unpaired) electrons. The van der Waals surface area contributed by atoms with Gasteiger partial charge in [0.2, 0.25) is 0 Å². The second kappa shape index (κ2) is 9.00. The third-order valence-corrected chi connectivity index (χ3v) is 6.47. The number of rotatable bonds is 5. The number of pyridine rings is 1. The third kappa shape index (κ3) is 5.55. The molecule has 0 saturated carbocycles. The van der Waals surface area contributed by atoms with Gasteiger partial charge in [0.05, 0.1) is 22.9 Å². The first kappa shape index (κ1) is 25.3. The summed E-state index contributed by atoms with van der Waals surface area (Å²) in [5.41, 5.74) is -0.169. The second-order valence-electron chi connectivity index (χ2n) is 9.64. The number of nitrogens with zero attached hydrogens (tertiary/aromatic N) is 2. The first-order chi connectivity index (χ1) is 16.2. The second-order valence-corrected chi connectivity index (χ2v) is 9.64. The van der Waals surface area contributed by atoms with Crippen LogP contribution in [0.1, 0.15) is 44.5 Å². The summed E-state index contributed by atoms with van der Waals surface area (Å²) in [4.78, 5) is 19.4. The number of ether oxygens (including phenoxy) is 1. The van der Waals surface area contributed by atoms with Crippen LogP contribution in [-0.4, -0.2) is 59.9 Å². The standard InChI is InChI=1S/C23H27BF3N3O5/c1-21(2)22(3,4)35-24(34-21)18-11-14(12-28-19(18)30-10-9-16(31)13-30)20(32)29-15-5-7-17(8-6-15)33-23(25,26)27/h5-8,11-12,16,31H,9-10,13H2,1-4H3,(H,29,32). The van der Waals surface area contributed by atoms with Crippen molar-refractivity contribution < 1.29 is 37.1 Å². The van der Waals surface area contributed by atoms with Crippen LogP contribution in [0.2, 0.25) is 0 Å². The maximum Gasteiger partial charge on any atom is 0.573 e. The van der Waals surface area contributed by atoms with Crippen LogP contribution >= 0.6 is 0 Å². The van der Waals surface area contributed by atoms with Gasteiger partial charge in [-0.2, -0.15) is 0 Å². The number of carbonyl (C=O) groups excluding carboxylic acids is 1. The molecule has 188 valence electrons. The number of aliphatic hydroxyl groups excluding tert-OH is 1. The zero-order valence-electron chi connectivity index (χ0n) is 19.8. The number of β-amino-alcohol motifs (C(OH)–C–C–N with tert-alkyl or cyclic N) is 1. The van der Waals surface area contributed by atoms with Gasteiger partial charge in [0.1, 0.15) is 11.6 Å². The van der Waals surface area contributed by atoms with Crippen molar-refractivity contribution >= 4 is 30.0 Å². The van der Waals surface area contributed by atoms with Crippen molar-refractivity contribution in [3.05, 3.63) is 42.1 Å². The van der Waals surface area contributed by atoms with Gasteiger partial charge in [0.25, 0.3) is 5.91 Å². The molecular weight excluding hydrogens is 466 g/mol. The van der Waals surface area contributed by atoms with Crippen LogP contribution in [0.4, 0.5) is 24.7 Å². The van der Waals surface area contributed by atoms with Crippen molar-refractivity contribution in [3.63, 3.8) is 0 Å². The van der Waals surface area contributed by atoms with Crippen LogP contribution in [0, 0.1) is 0 Å². The molecule has 2 saturated heterocycles. The van der Waals surface area contributed by atoms with Crippen molar-refractivity contribution in [1.82, 2.24) is 4.98 Å². The van der Waals surface area contributed by atoms with E-state index < -0.39 is 42.4 Å². The Morgan fingerprint density at radius 1 is 1.20 bits per heavy atom. The van der Waals surface area contributed by atoms with Crippen molar-refractivity contribution in [1.29, 1.82) is 0 Å². The van der Waals surface area contributed by atoms with Crippen LogP contribution < -0.4 is 20.4 Å². The molecule has 1 atom stereocenters. The molecule has 35 heavy (non-hydrogen) atoms. The highest BCUT2D eigenvalue weighted by Gasteiger charge is 2.53. The summed E-state index contributed by atoms with van der Waals surface area (Å²) in [5.74, 6) is -0.338. The van der Waals surface area contributed by atoms with E-state index in [9.17, 15) is 23.1 Å². The van der Waals surface area contributed by atoms with Gasteiger partial charge in [-0.3, -0.25) is 4.79 Å². The quantitative estimate of drug-likeness (QED) is 0.619. The third-order valence-electron chi connectivity index (χ3n) is 6.47. The Balaban J connectivity index is 1.59. The fraction of sp³-hybridized carbons (Fsp3) is 0.478. The molecule has 12 heteroatoms. The van der Waals surface area contributed by atoms with Gasteiger partial charge in [-0.1, -0.05) is 0 Å². The Bertz CT molecular complexity index is 1080. The monoisotopic (exact) mass is 493 g/mol. The molecular formula is C23H27BF3N3O5. The van der Waals surface area contributed by atoms with Crippen LogP contribution in [0.15, 0.2) is 36.5 Å². The number of amides is 1. The van der Waals surface area contributed by atoms with Crippen LogP contribution in [0.25, 0.3) is 0 Å². The fourth-order valence-corrected chi connectivity index (χ4v) is 3.88. The van der Waals surface area contributed by atoms with E-state index in [1.165, 1.54) is 18.3 Å². The van der Waals surface area contributed by atoms with Gasteiger partial charge in [0.15, 0.2) is 0 Å². The Kier molecular flexibility index (Phi) is 6.50. The van der Waals surface area contributed by atoms with Gasteiger partial charge >= 0.3 is 13.5 Å². The van der Waals surface area contributed by atoms with E-state index in [2.05, 4.69) is 15.0 Å². The molecule has 0 spiro atoms. The number of benzene rings is 1. The molecule has 0 aliphatic carbocycles. The predicted molar refractivity (Wildman–Crippen MR) is 124 cm³/mol. The molecule has 1 aromatic carbocycles. The normalized spacial score (nSPS) is 21.3. The summed E-state index contributed by atoms with van der Waals surface area (Å²) in [6, 6.07) is 6.46. The zero-order valence-corrected chi connectivity index (χ0v) is 19.8. The van der Waals surface area contributed by atoms with E-state index in [0.29, 0.717) is 30.8 Å². The summed E-state index contributed by atoms with van der Waals surface area (Å²) in [7, 11) is -0.785. The topological polar surface area (TPSA) is 93.2 Å². The average Bonchev–Trinajstić information content (AvgIpc) is 3.27. The van der Waals surface area contributed by atoms with Gasteiger partial charge < -0.3 is 29.4 Å². The number of halogens is 3. The molecule has 3 heterocycles. The summed E-state index contributed by atoms with van der Waals surface area (Å²) in [6.45, 7) is 8.67. The molecule has 2 N–H and O–H groups in total. The maximum atomic E-state index is 12.9. The summed E-state index contributed by atoms with van der Waals surface area (Å²) >= 11 is 0. The summed E-state index contributed by atoms with van der Waals surface area (Å²) < 4.78 is 53.3. The van der Waals surface area contributed by atoms with E-state index in [4.69, 9.17) is 9.31 Å². The largest absolute Gasteiger partial charge is 0.573 e. The molecule has 2 aliphatic rings. The zero-order chi connectivity index (χ0) is 25.6. The highest BCUT2D eigenvalue weighted by Crippen LogP contribution is 2.37. The fourth-order valence-electron chi connectivity index (χ4n) is 3.88. The molecule has 1 aromatic heterocycles. The number of anilines is 2. The van der Waals surface area contributed by atoms with Crippen LogP contribution in [0.3, 0.4) is 0 Å². The van der Waals surface area contributed by atoms with E-state index in [0.717, 1.165) is 12.1 Å². The van der Waals surface area contributed by atoms with E-state index >= 15 is 0 Å². The number of aliphatic hydroxyl groups is 1. The average molecular weight is 493 g/mol. The lowest BCUT2D eigenvalue weighted by atomic mass is 9.78. The summed E-state index contributed by atoms with van der Waals surface area (Å²) in [5, 5.41) is 12.6. The Hall–Kier alpha value is -2.83. The summed E-state index contributed by atoms with van der Waals surface area (Å²) in [6.07, 6.45) is -3.27. The molecule has 4 rings (SSSR count). The number of hydrogen-bond donors (Lipinski definition) is 2. The van der Waals surface area contributed by atoms with Crippen molar-refractivity contribution in [2.24, 2.45) is 0 Å². The minimum Gasteiger partial charge on any atom is -0.406 e. The number of carbonyl (C=O) groups is 1.